The smallest absolute Gasteiger partial charge is 0.139 e. The van der Waals surface area contributed by atoms with Gasteiger partial charge in [-0.3, -0.25) is 0 Å². The number of imidazole rings is 1. The van der Waals surface area contributed by atoms with Crippen LogP contribution in [0.3, 0.4) is 0 Å². The van der Waals surface area contributed by atoms with Crippen LogP contribution in [0, 0.1) is 11.3 Å². The Labute approximate surface area is 124 Å². The maximum atomic E-state index is 9.12. The average molecular weight is 328 g/mol. The van der Waals surface area contributed by atoms with E-state index < -0.39 is 0 Å². The van der Waals surface area contributed by atoms with Crippen molar-refractivity contribution in [2.75, 3.05) is 7.11 Å². The maximum Gasteiger partial charge on any atom is 0.139 e. The highest BCUT2D eigenvalue weighted by molar-refractivity contribution is 9.10. The number of hydrogen-bond acceptors (Lipinski definition) is 3. The van der Waals surface area contributed by atoms with E-state index in [0.29, 0.717) is 16.9 Å². The van der Waals surface area contributed by atoms with Crippen LogP contribution in [-0.4, -0.2) is 17.1 Å². The van der Waals surface area contributed by atoms with Gasteiger partial charge < -0.3 is 9.72 Å². The molecule has 0 amide bonds. The number of aromatic amines is 1. The van der Waals surface area contributed by atoms with E-state index in [-0.39, 0.29) is 0 Å². The van der Waals surface area contributed by atoms with Crippen LogP contribution >= 0.6 is 15.9 Å². The number of halogens is 1. The van der Waals surface area contributed by atoms with Gasteiger partial charge in [-0.2, -0.15) is 5.26 Å². The van der Waals surface area contributed by atoms with Crippen molar-refractivity contribution in [3.8, 4) is 23.2 Å². The van der Waals surface area contributed by atoms with Crippen molar-refractivity contribution >= 4 is 27.0 Å². The summed E-state index contributed by atoms with van der Waals surface area (Å²) in [5.41, 5.74) is 2.97. The predicted molar refractivity (Wildman–Crippen MR) is 80.5 cm³/mol. The molecule has 0 spiro atoms. The Morgan fingerprint density at radius 2 is 2.15 bits per heavy atom. The average Bonchev–Trinajstić information content (AvgIpc) is 2.91. The van der Waals surface area contributed by atoms with Crippen LogP contribution in [0.1, 0.15) is 5.56 Å². The molecule has 0 radical (unpaired) electrons. The number of nitriles is 1. The Morgan fingerprint density at radius 1 is 1.30 bits per heavy atom. The van der Waals surface area contributed by atoms with Crippen LogP contribution in [0.25, 0.3) is 22.4 Å². The largest absolute Gasteiger partial charge is 0.497 e. The molecule has 1 N–H and O–H groups in total. The Morgan fingerprint density at radius 3 is 2.90 bits per heavy atom. The summed E-state index contributed by atoms with van der Waals surface area (Å²) >= 11 is 3.51. The number of H-pyrrole nitrogens is 1. The molecule has 20 heavy (non-hydrogen) atoms. The quantitative estimate of drug-likeness (QED) is 0.777. The van der Waals surface area contributed by atoms with E-state index in [2.05, 4.69) is 32.0 Å². The molecule has 3 aromatic rings. The number of nitrogens with one attached hydrogen (secondary N) is 1. The summed E-state index contributed by atoms with van der Waals surface area (Å²) in [7, 11) is 1.62. The Balaban J connectivity index is 2.23. The Hall–Kier alpha value is -2.32. The van der Waals surface area contributed by atoms with Crippen LogP contribution < -0.4 is 4.74 Å². The molecule has 2 aromatic carbocycles. The lowest BCUT2D eigenvalue weighted by Crippen LogP contribution is -1.87. The van der Waals surface area contributed by atoms with Gasteiger partial charge in [0.2, 0.25) is 0 Å². The van der Waals surface area contributed by atoms with Gasteiger partial charge in [0.05, 0.1) is 18.2 Å². The maximum absolute atomic E-state index is 9.12. The third-order valence-electron chi connectivity index (χ3n) is 3.06. The second-order valence-electron chi connectivity index (χ2n) is 4.24. The van der Waals surface area contributed by atoms with E-state index in [1.807, 2.05) is 30.3 Å². The van der Waals surface area contributed by atoms with E-state index in [4.69, 9.17) is 10.00 Å². The zero-order chi connectivity index (χ0) is 14.1. The topological polar surface area (TPSA) is 61.7 Å². The number of rotatable bonds is 2. The fraction of sp³-hybridized carbons (Fsp3) is 0.0667. The summed E-state index contributed by atoms with van der Waals surface area (Å²) < 4.78 is 6.15. The molecular formula is C15H10BrN3O. The van der Waals surface area contributed by atoms with Gasteiger partial charge in [0, 0.05) is 10.0 Å². The highest BCUT2D eigenvalue weighted by Crippen LogP contribution is 2.31. The van der Waals surface area contributed by atoms with Crippen LogP contribution in [-0.2, 0) is 0 Å². The summed E-state index contributed by atoms with van der Waals surface area (Å²) in [6.07, 6.45) is 0. The lowest BCUT2D eigenvalue weighted by molar-refractivity contribution is 0.415. The number of nitrogens with zero attached hydrogens (tertiary/aromatic N) is 2. The van der Waals surface area contributed by atoms with Gasteiger partial charge in [-0.15, -0.1) is 0 Å². The molecule has 0 atom stereocenters. The molecule has 1 heterocycles. The van der Waals surface area contributed by atoms with E-state index >= 15 is 0 Å². The van der Waals surface area contributed by atoms with Gasteiger partial charge in [-0.1, -0.05) is 22.0 Å². The Bertz CT molecular complexity index is 833. The van der Waals surface area contributed by atoms with Crippen molar-refractivity contribution in [2.45, 2.75) is 0 Å². The van der Waals surface area contributed by atoms with E-state index in [9.17, 15) is 0 Å². The van der Waals surface area contributed by atoms with Gasteiger partial charge in [-0.25, -0.2) is 4.98 Å². The van der Waals surface area contributed by atoms with Gasteiger partial charge >= 0.3 is 0 Å². The van der Waals surface area contributed by atoms with Crippen molar-refractivity contribution in [3.05, 3.63) is 46.4 Å². The van der Waals surface area contributed by atoms with Gasteiger partial charge in [0.1, 0.15) is 23.2 Å². The highest BCUT2D eigenvalue weighted by Gasteiger charge is 2.12. The first-order chi connectivity index (χ1) is 9.72. The summed E-state index contributed by atoms with van der Waals surface area (Å²) in [5, 5.41) is 9.12. The van der Waals surface area contributed by atoms with Crippen molar-refractivity contribution in [1.29, 1.82) is 5.26 Å². The summed E-state index contributed by atoms with van der Waals surface area (Å²) in [5.74, 6) is 1.46. The third kappa shape index (κ3) is 2.04. The molecule has 0 bridgehead atoms. The van der Waals surface area contributed by atoms with Gasteiger partial charge in [-0.05, 0) is 30.3 Å². The first-order valence-corrected chi connectivity index (χ1v) is 6.75. The SMILES string of the molecule is COc1ccc(Br)c(-c2nc3c(C#N)cccc3[nH]2)c1. The van der Waals surface area contributed by atoms with Crippen LogP contribution in [0.15, 0.2) is 40.9 Å². The van der Waals surface area contributed by atoms with Crippen molar-refractivity contribution in [1.82, 2.24) is 9.97 Å². The number of ether oxygens (including phenoxy) is 1. The summed E-state index contributed by atoms with van der Waals surface area (Å²) in [4.78, 5) is 7.76. The van der Waals surface area contributed by atoms with Crippen molar-refractivity contribution in [3.63, 3.8) is 0 Å². The zero-order valence-corrected chi connectivity index (χ0v) is 12.2. The number of methoxy groups -OCH3 is 1. The fourth-order valence-corrected chi connectivity index (χ4v) is 2.50. The Kier molecular flexibility index (Phi) is 3.17. The minimum Gasteiger partial charge on any atom is -0.497 e. The summed E-state index contributed by atoms with van der Waals surface area (Å²) in [6, 6.07) is 13.3. The molecule has 98 valence electrons. The normalized spacial score (nSPS) is 10.4. The number of para-hydroxylation sites is 1. The highest BCUT2D eigenvalue weighted by atomic mass is 79.9. The van der Waals surface area contributed by atoms with Crippen molar-refractivity contribution < 1.29 is 4.74 Å². The molecular weight excluding hydrogens is 318 g/mol. The number of fused-ring (bicyclic) bond motifs is 1. The molecule has 0 unspecified atom stereocenters. The number of benzene rings is 2. The predicted octanol–water partition coefficient (Wildman–Crippen LogP) is 3.87. The van der Waals surface area contributed by atoms with Crippen LogP contribution in [0.2, 0.25) is 0 Å². The van der Waals surface area contributed by atoms with Crippen LogP contribution in [0.5, 0.6) is 5.75 Å². The molecule has 1 aromatic heterocycles. The first kappa shape index (κ1) is 12.7. The minimum absolute atomic E-state index is 0.559. The second-order valence-corrected chi connectivity index (χ2v) is 5.10. The van der Waals surface area contributed by atoms with Crippen LogP contribution in [0.4, 0.5) is 0 Å². The monoisotopic (exact) mass is 327 g/mol. The second kappa shape index (κ2) is 4.99. The molecule has 0 aliphatic carbocycles. The van der Waals surface area contributed by atoms with E-state index in [1.165, 1.54) is 0 Å². The van der Waals surface area contributed by atoms with E-state index in [1.54, 1.807) is 13.2 Å². The minimum atomic E-state index is 0.559. The standard InChI is InChI=1S/C15H10BrN3O/c1-20-10-5-6-12(16)11(7-10)15-18-13-4-2-3-9(8-17)14(13)19-15/h2-7H,1H3,(H,18,19). The third-order valence-corrected chi connectivity index (χ3v) is 3.75. The van der Waals surface area contributed by atoms with Gasteiger partial charge in [0.15, 0.2) is 0 Å². The number of hydrogen-bond donors (Lipinski definition) is 1. The fourth-order valence-electron chi connectivity index (χ4n) is 2.06. The number of aromatic nitrogens is 2. The first-order valence-electron chi connectivity index (χ1n) is 5.95. The molecule has 0 aliphatic rings. The molecule has 5 heteroatoms. The molecule has 0 fully saturated rings. The lowest BCUT2D eigenvalue weighted by Gasteiger charge is -2.04. The molecule has 0 aliphatic heterocycles. The molecule has 3 rings (SSSR count). The summed E-state index contributed by atoms with van der Waals surface area (Å²) in [6.45, 7) is 0. The lowest BCUT2D eigenvalue weighted by atomic mass is 10.2. The van der Waals surface area contributed by atoms with E-state index in [0.717, 1.165) is 21.3 Å². The van der Waals surface area contributed by atoms with Crippen molar-refractivity contribution in [2.24, 2.45) is 0 Å². The van der Waals surface area contributed by atoms with Gasteiger partial charge in [0.25, 0.3) is 0 Å². The molecule has 0 saturated carbocycles. The molecule has 4 nitrogen and oxygen atoms in total. The molecule has 0 saturated heterocycles. The zero-order valence-electron chi connectivity index (χ0n) is 10.6.